The summed E-state index contributed by atoms with van der Waals surface area (Å²) in [4.78, 5) is 0. The van der Waals surface area contributed by atoms with Gasteiger partial charge in [-0.2, -0.15) is 31.6 Å². The summed E-state index contributed by atoms with van der Waals surface area (Å²) in [5.41, 5.74) is -0.995. The van der Waals surface area contributed by atoms with Gasteiger partial charge < -0.3 is 4.74 Å². The minimum Gasteiger partial charge on any atom is -0.361 e. The Kier molecular flexibility index (Phi) is 7.47. The van der Waals surface area contributed by atoms with Gasteiger partial charge in [0, 0.05) is 6.61 Å². The molecule has 0 rings (SSSR count). The zero-order valence-electron chi connectivity index (χ0n) is 11.7. The summed E-state index contributed by atoms with van der Waals surface area (Å²) in [6, 6.07) is 1.95. The topological polar surface area (TPSA) is 45.0 Å². The fourth-order valence-corrected chi connectivity index (χ4v) is 1.59. The molecule has 9 heteroatoms. The van der Waals surface area contributed by atoms with E-state index < -0.39 is 30.6 Å². The standard InChI is InChI=1S/C12H18F6N2O/c1-3-6-20-10(2,8-19)5-4-7-21-9(11(13,14)15)12(16,17)18/h9,20H,3-7H2,1-2H3. The zero-order valence-corrected chi connectivity index (χ0v) is 11.7. The van der Waals surface area contributed by atoms with Crippen LogP contribution in [0.15, 0.2) is 0 Å². The molecule has 3 nitrogen and oxygen atoms in total. The summed E-state index contributed by atoms with van der Waals surface area (Å²) >= 11 is 0. The maximum absolute atomic E-state index is 12.2. The van der Waals surface area contributed by atoms with Crippen molar-refractivity contribution in [2.75, 3.05) is 13.2 Å². The molecule has 0 amide bonds. The Morgan fingerprint density at radius 3 is 2.05 bits per heavy atom. The van der Waals surface area contributed by atoms with E-state index in [9.17, 15) is 26.3 Å². The highest BCUT2D eigenvalue weighted by atomic mass is 19.4. The van der Waals surface area contributed by atoms with Crippen molar-refractivity contribution in [2.24, 2.45) is 0 Å². The summed E-state index contributed by atoms with van der Waals surface area (Å²) in [6.07, 6.45) is -14.1. The lowest BCUT2D eigenvalue weighted by Gasteiger charge is -2.25. The monoisotopic (exact) mass is 320 g/mol. The molecule has 0 aliphatic rings. The van der Waals surface area contributed by atoms with Gasteiger partial charge in [0.05, 0.1) is 6.07 Å². The summed E-state index contributed by atoms with van der Waals surface area (Å²) in [5.74, 6) is 0. The lowest BCUT2D eigenvalue weighted by molar-refractivity contribution is -0.321. The van der Waals surface area contributed by atoms with E-state index in [1.807, 2.05) is 13.0 Å². The smallest absolute Gasteiger partial charge is 0.361 e. The summed E-state index contributed by atoms with van der Waals surface area (Å²) in [7, 11) is 0. The highest BCUT2D eigenvalue weighted by Crippen LogP contribution is 2.35. The minimum atomic E-state index is -5.50. The van der Waals surface area contributed by atoms with Crippen molar-refractivity contribution < 1.29 is 31.1 Å². The highest BCUT2D eigenvalue weighted by molar-refractivity contribution is 5.03. The first-order valence-corrected chi connectivity index (χ1v) is 6.37. The molecule has 0 aromatic carbocycles. The van der Waals surface area contributed by atoms with Crippen LogP contribution >= 0.6 is 0 Å². The molecule has 124 valence electrons. The number of halogens is 6. The lowest BCUT2D eigenvalue weighted by Crippen LogP contribution is -2.45. The van der Waals surface area contributed by atoms with E-state index in [-0.39, 0.29) is 12.8 Å². The largest absolute Gasteiger partial charge is 0.423 e. The Bertz CT molecular complexity index is 335. The van der Waals surface area contributed by atoms with Crippen molar-refractivity contribution in [3.05, 3.63) is 0 Å². The van der Waals surface area contributed by atoms with Gasteiger partial charge in [-0.05, 0) is 32.7 Å². The maximum Gasteiger partial charge on any atom is 0.423 e. The molecule has 1 N–H and O–H groups in total. The Labute approximate surface area is 119 Å². The third-order valence-electron chi connectivity index (χ3n) is 2.71. The molecule has 0 radical (unpaired) electrons. The molecule has 1 unspecified atom stereocenters. The van der Waals surface area contributed by atoms with Crippen LogP contribution in [0.4, 0.5) is 26.3 Å². The van der Waals surface area contributed by atoms with Gasteiger partial charge in [-0.1, -0.05) is 6.92 Å². The quantitative estimate of drug-likeness (QED) is 0.549. The SMILES string of the molecule is CCCNC(C)(C#N)CCCOC(C(F)(F)F)C(F)(F)F. The zero-order chi connectivity index (χ0) is 16.7. The number of ether oxygens (including phenoxy) is 1. The number of nitrogens with one attached hydrogen (secondary N) is 1. The van der Waals surface area contributed by atoms with E-state index in [2.05, 4.69) is 10.1 Å². The average Bonchev–Trinajstić information content (AvgIpc) is 2.33. The molecular formula is C12H18F6N2O. The summed E-state index contributed by atoms with van der Waals surface area (Å²) < 4.78 is 77.1. The molecule has 0 bridgehead atoms. The van der Waals surface area contributed by atoms with Gasteiger partial charge in [-0.3, -0.25) is 5.32 Å². The Morgan fingerprint density at radius 1 is 1.14 bits per heavy atom. The van der Waals surface area contributed by atoms with Crippen molar-refractivity contribution in [1.29, 1.82) is 5.26 Å². The van der Waals surface area contributed by atoms with Gasteiger partial charge in [0.25, 0.3) is 0 Å². The van der Waals surface area contributed by atoms with Crippen LogP contribution in [0.1, 0.15) is 33.1 Å². The van der Waals surface area contributed by atoms with Crippen LogP contribution in [-0.4, -0.2) is 37.1 Å². The molecule has 0 heterocycles. The van der Waals surface area contributed by atoms with E-state index in [1.54, 1.807) is 0 Å². The normalized spacial score (nSPS) is 15.8. The molecule has 0 fully saturated rings. The second kappa shape index (κ2) is 7.84. The molecule has 0 aromatic rings. The molecule has 21 heavy (non-hydrogen) atoms. The Morgan fingerprint density at radius 2 is 1.67 bits per heavy atom. The molecule has 0 aliphatic heterocycles. The highest BCUT2D eigenvalue weighted by Gasteiger charge is 2.57. The molecule has 0 aromatic heterocycles. The van der Waals surface area contributed by atoms with Gasteiger partial charge in [-0.15, -0.1) is 0 Å². The third kappa shape index (κ3) is 7.52. The first-order chi connectivity index (χ1) is 9.46. The van der Waals surface area contributed by atoms with Crippen LogP contribution in [0.3, 0.4) is 0 Å². The van der Waals surface area contributed by atoms with Crippen LogP contribution in [0.25, 0.3) is 0 Å². The van der Waals surface area contributed by atoms with Gasteiger partial charge in [0.15, 0.2) is 0 Å². The third-order valence-corrected chi connectivity index (χ3v) is 2.71. The first-order valence-electron chi connectivity index (χ1n) is 6.37. The van der Waals surface area contributed by atoms with Crippen LogP contribution in [0.5, 0.6) is 0 Å². The van der Waals surface area contributed by atoms with E-state index in [0.29, 0.717) is 6.54 Å². The predicted molar refractivity (Wildman–Crippen MR) is 63.4 cm³/mol. The van der Waals surface area contributed by atoms with Crippen molar-refractivity contribution in [3.63, 3.8) is 0 Å². The van der Waals surface area contributed by atoms with E-state index in [0.717, 1.165) is 6.42 Å². The summed E-state index contributed by atoms with van der Waals surface area (Å²) in [5, 5.41) is 11.8. The fourth-order valence-electron chi connectivity index (χ4n) is 1.59. The minimum absolute atomic E-state index is 0.0892. The average molecular weight is 320 g/mol. The molecular weight excluding hydrogens is 302 g/mol. The van der Waals surface area contributed by atoms with Gasteiger partial charge in [0.1, 0.15) is 5.54 Å². The number of rotatable bonds is 8. The molecule has 0 spiro atoms. The lowest BCUT2D eigenvalue weighted by atomic mass is 9.98. The number of hydrogen-bond acceptors (Lipinski definition) is 3. The van der Waals surface area contributed by atoms with Crippen molar-refractivity contribution >= 4 is 0 Å². The first kappa shape index (κ1) is 20.0. The number of alkyl halides is 6. The second-order valence-corrected chi connectivity index (χ2v) is 4.81. The Hall–Kier alpha value is -1.01. The van der Waals surface area contributed by atoms with Gasteiger partial charge >= 0.3 is 12.4 Å². The molecule has 0 saturated carbocycles. The van der Waals surface area contributed by atoms with Crippen LogP contribution in [0.2, 0.25) is 0 Å². The van der Waals surface area contributed by atoms with Crippen LogP contribution in [-0.2, 0) is 4.74 Å². The molecule has 0 aliphatic carbocycles. The van der Waals surface area contributed by atoms with Gasteiger partial charge in [-0.25, -0.2) is 0 Å². The van der Waals surface area contributed by atoms with E-state index in [1.165, 1.54) is 6.92 Å². The second-order valence-electron chi connectivity index (χ2n) is 4.81. The number of nitriles is 1. The van der Waals surface area contributed by atoms with Crippen molar-refractivity contribution in [3.8, 4) is 6.07 Å². The van der Waals surface area contributed by atoms with Crippen LogP contribution < -0.4 is 5.32 Å². The molecule has 1 atom stereocenters. The Balaban J connectivity index is 4.38. The van der Waals surface area contributed by atoms with Gasteiger partial charge in [0.2, 0.25) is 6.10 Å². The van der Waals surface area contributed by atoms with Crippen LogP contribution in [0, 0.1) is 11.3 Å². The number of nitrogens with zero attached hydrogens (tertiary/aromatic N) is 1. The maximum atomic E-state index is 12.2. The molecule has 0 saturated heterocycles. The van der Waals surface area contributed by atoms with Crippen molar-refractivity contribution in [2.45, 2.75) is 57.1 Å². The predicted octanol–water partition coefficient (Wildman–Crippen LogP) is 3.56. The van der Waals surface area contributed by atoms with Crippen molar-refractivity contribution in [1.82, 2.24) is 5.32 Å². The fraction of sp³-hybridized carbons (Fsp3) is 0.917. The number of hydrogen-bond donors (Lipinski definition) is 1. The summed E-state index contributed by atoms with van der Waals surface area (Å²) in [6.45, 7) is 3.20. The van der Waals surface area contributed by atoms with E-state index >= 15 is 0 Å². The van der Waals surface area contributed by atoms with E-state index in [4.69, 9.17) is 5.26 Å².